The average molecular weight is 352 g/mol. The van der Waals surface area contributed by atoms with Gasteiger partial charge in [0.2, 0.25) is 5.91 Å². The van der Waals surface area contributed by atoms with Crippen molar-refractivity contribution in [2.24, 2.45) is 0 Å². The molecule has 134 valence electrons. The van der Waals surface area contributed by atoms with Crippen molar-refractivity contribution in [2.45, 2.75) is 13.0 Å². The number of halogens is 1. The third-order valence-corrected chi connectivity index (χ3v) is 4.74. The smallest absolute Gasteiger partial charge is 0.241 e. The van der Waals surface area contributed by atoms with E-state index >= 15 is 0 Å². The minimum atomic E-state index is -0.294. The number of anilines is 2. The molecule has 0 aromatic heterocycles. The van der Waals surface area contributed by atoms with Gasteiger partial charge in [0.05, 0.1) is 17.3 Å². The lowest BCUT2D eigenvalue weighted by Gasteiger charge is -2.38. The number of nitrogens with zero attached hydrogens (tertiary/aromatic N) is 3. The maximum Gasteiger partial charge on any atom is 0.241 e. The fourth-order valence-corrected chi connectivity index (χ4v) is 3.11. The second-order valence-corrected chi connectivity index (χ2v) is 6.32. The zero-order valence-corrected chi connectivity index (χ0v) is 14.7. The summed E-state index contributed by atoms with van der Waals surface area (Å²) in [4.78, 5) is 16.9. The van der Waals surface area contributed by atoms with Gasteiger partial charge in [-0.2, -0.15) is 5.26 Å². The maximum absolute atomic E-state index is 13.1. The molecule has 0 aliphatic carbocycles. The lowest BCUT2D eigenvalue weighted by molar-refractivity contribution is -0.120. The normalized spacial score (nSPS) is 16.0. The topological polar surface area (TPSA) is 59.4 Å². The van der Waals surface area contributed by atoms with E-state index in [0.717, 1.165) is 31.9 Å². The number of nitriles is 1. The number of rotatable bonds is 4. The van der Waals surface area contributed by atoms with E-state index in [-0.39, 0.29) is 17.8 Å². The summed E-state index contributed by atoms with van der Waals surface area (Å²) in [5.74, 6) is -0.363. The van der Waals surface area contributed by atoms with Crippen molar-refractivity contribution in [1.82, 2.24) is 4.90 Å². The Kier molecular flexibility index (Phi) is 5.49. The van der Waals surface area contributed by atoms with Crippen molar-refractivity contribution in [3.63, 3.8) is 0 Å². The molecule has 2 aromatic carbocycles. The van der Waals surface area contributed by atoms with E-state index in [1.807, 2.05) is 6.92 Å². The number of para-hydroxylation sites is 1. The molecule has 0 bridgehead atoms. The fourth-order valence-electron chi connectivity index (χ4n) is 3.11. The zero-order valence-electron chi connectivity index (χ0n) is 14.7. The van der Waals surface area contributed by atoms with E-state index in [1.54, 1.807) is 36.4 Å². The first-order valence-corrected chi connectivity index (χ1v) is 8.63. The molecule has 1 amide bonds. The summed E-state index contributed by atoms with van der Waals surface area (Å²) in [5, 5.41) is 12.0. The molecule has 1 fully saturated rings. The van der Waals surface area contributed by atoms with Crippen LogP contribution in [0.25, 0.3) is 0 Å². The average Bonchev–Trinajstić information content (AvgIpc) is 2.68. The van der Waals surface area contributed by atoms with Crippen LogP contribution in [0.4, 0.5) is 15.8 Å². The van der Waals surface area contributed by atoms with E-state index < -0.39 is 0 Å². The highest BCUT2D eigenvalue weighted by Gasteiger charge is 2.26. The molecule has 0 spiro atoms. The van der Waals surface area contributed by atoms with Crippen molar-refractivity contribution in [3.05, 3.63) is 59.9 Å². The van der Waals surface area contributed by atoms with Crippen molar-refractivity contribution in [1.29, 1.82) is 5.26 Å². The molecule has 1 N–H and O–H groups in total. The van der Waals surface area contributed by atoms with E-state index in [9.17, 15) is 9.18 Å². The molecule has 5 nitrogen and oxygen atoms in total. The summed E-state index contributed by atoms with van der Waals surface area (Å²) < 4.78 is 13.1. The summed E-state index contributed by atoms with van der Waals surface area (Å²) in [7, 11) is 0. The highest BCUT2D eigenvalue weighted by atomic mass is 19.1. The van der Waals surface area contributed by atoms with Gasteiger partial charge in [0.15, 0.2) is 0 Å². The molecule has 0 saturated carbocycles. The van der Waals surface area contributed by atoms with E-state index in [1.165, 1.54) is 12.1 Å². The largest absolute Gasteiger partial charge is 0.369 e. The van der Waals surface area contributed by atoms with Gasteiger partial charge in [-0.3, -0.25) is 9.69 Å². The summed E-state index contributed by atoms with van der Waals surface area (Å²) in [6, 6.07) is 15.3. The number of hydrogen-bond donors (Lipinski definition) is 1. The zero-order chi connectivity index (χ0) is 18.5. The molecular weight excluding hydrogens is 331 g/mol. The molecule has 1 aliphatic heterocycles. The summed E-state index contributed by atoms with van der Waals surface area (Å²) in [5.41, 5.74) is 1.98. The number of hydrogen-bond acceptors (Lipinski definition) is 4. The molecule has 3 rings (SSSR count). The van der Waals surface area contributed by atoms with Crippen LogP contribution in [0.1, 0.15) is 12.5 Å². The monoisotopic (exact) mass is 352 g/mol. The van der Waals surface area contributed by atoms with Gasteiger partial charge in [-0.05, 0) is 43.3 Å². The highest BCUT2D eigenvalue weighted by Crippen LogP contribution is 2.19. The second kappa shape index (κ2) is 7.98. The SMILES string of the molecule is C[C@@H](C(=O)Nc1ccccc1C#N)N1CCN(c2ccc(F)cc2)CC1. The Balaban J connectivity index is 1.57. The Morgan fingerprint density at radius 3 is 2.42 bits per heavy atom. The molecule has 2 aromatic rings. The number of piperazine rings is 1. The van der Waals surface area contributed by atoms with Crippen molar-refractivity contribution in [2.75, 3.05) is 36.4 Å². The molecule has 26 heavy (non-hydrogen) atoms. The Morgan fingerprint density at radius 1 is 1.12 bits per heavy atom. The predicted molar refractivity (Wildman–Crippen MR) is 99.4 cm³/mol. The molecule has 0 unspecified atom stereocenters. The summed E-state index contributed by atoms with van der Waals surface area (Å²) >= 11 is 0. The van der Waals surface area contributed by atoms with E-state index in [0.29, 0.717) is 11.3 Å². The van der Waals surface area contributed by atoms with Crippen LogP contribution >= 0.6 is 0 Å². The quantitative estimate of drug-likeness (QED) is 0.919. The predicted octanol–water partition coefficient (Wildman–Crippen LogP) is 2.85. The van der Waals surface area contributed by atoms with Crippen LogP contribution in [0.3, 0.4) is 0 Å². The first kappa shape index (κ1) is 17.9. The number of benzene rings is 2. The Hall–Kier alpha value is -2.91. The fraction of sp³-hybridized carbons (Fsp3) is 0.300. The number of carbonyl (C=O) groups is 1. The molecule has 1 heterocycles. The van der Waals surface area contributed by atoms with Crippen LogP contribution in [-0.2, 0) is 4.79 Å². The first-order valence-electron chi connectivity index (χ1n) is 8.63. The summed E-state index contributed by atoms with van der Waals surface area (Å²) in [6.45, 7) is 4.91. The Bertz CT molecular complexity index is 807. The standard InChI is InChI=1S/C20H21FN4O/c1-15(20(26)23-19-5-3-2-4-16(19)14-22)24-10-12-25(13-11-24)18-8-6-17(21)7-9-18/h2-9,15H,10-13H2,1H3,(H,23,26)/t15-/m0/s1. The van der Waals surface area contributed by atoms with Crippen molar-refractivity contribution < 1.29 is 9.18 Å². The second-order valence-electron chi connectivity index (χ2n) is 6.32. The van der Waals surface area contributed by atoms with Gasteiger partial charge in [-0.25, -0.2) is 4.39 Å². The first-order chi connectivity index (χ1) is 12.6. The van der Waals surface area contributed by atoms with Crippen LogP contribution < -0.4 is 10.2 Å². The number of amides is 1. The Labute approximate surface area is 152 Å². The van der Waals surface area contributed by atoms with Crippen LogP contribution in [-0.4, -0.2) is 43.0 Å². The van der Waals surface area contributed by atoms with Gasteiger partial charge in [-0.15, -0.1) is 0 Å². The van der Waals surface area contributed by atoms with Gasteiger partial charge in [0, 0.05) is 31.9 Å². The van der Waals surface area contributed by atoms with Gasteiger partial charge < -0.3 is 10.2 Å². The van der Waals surface area contributed by atoms with Gasteiger partial charge >= 0.3 is 0 Å². The minimum Gasteiger partial charge on any atom is -0.369 e. The van der Waals surface area contributed by atoms with E-state index in [4.69, 9.17) is 5.26 Å². The van der Waals surface area contributed by atoms with Crippen molar-refractivity contribution >= 4 is 17.3 Å². The van der Waals surface area contributed by atoms with Crippen LogP contribution in [0.5, 0.6) is 0 Å². The third kappa shape index (κ3) is 4.01. The molecule has 1 atom stereocenters. The highest BCUT2D eigenvalue weighted by molar-refractivity contribution is 5.95. The molecule has 1 aliphatic rings. The summed E-state index contributed by atoms with van der Waals surface area (Å²) in [6.07, 6.45) is 0. The maximum atomic E-state index is 13.1. The lowest BCUT2D eigenvalue weighted by Crippen LogP contribution is -2.52. The molecule has 0 radical (unpaired) electrons. The number of carbonyl (C=O) groups excluding carboxylic acids is 1. The molecule has 1 saturated heterocycles. The van der Waals surface area contributed by atoms with Gasteiger partial charge in [0.25, 0.3) is 0 Å². The molecule has 6 heteroatoms. The Morgan fingerprint density at radius 2 is 1.77 bits per heavy atom. The third-order valence-electron chi connectivity index (χ3n) is 4.74. The van der Waals surface area contributed by atoms with Crippen molar-refractivity contribution in [3.8, 4) is 6.07 Å². The van der Waals surface area contributed by atoms with Gasteiger partial charge in [0.1, 0.15) is 11.9 Å². The van der Waals surface area contributed by atoms with Crippen LogP contribution in [0, 0.1) is 17.1 Å². The van der Waals surface area contributed by atoms with Crippen LogP contribution in [0.15, 0.2) is 48.5 Å². The minimum absolute atomic E-state index is 0.122. The van der Waals surface area contributed by atoms with Crippen LogP contribution in [0.2, 0.25) is 0 Å². The van der Waals surface area contributed by atoms with Gasteiger partial charge in [-0.1, -0.05) is 12.1 Å². The molecular formula is C20H21FN4O. The number of nitrogens with one attached hydrogen (secondary N) is 1. The van der Waals surface area contributed by atoms with E-state index in [2.05, 4.69) is 21.2 Å². The lowest BCUT2D eigenvalue weighted by atomic mass is 10.1.